The minimum atomic E-state index is -1.05. The van der Waals surface area contributed by atoms with Gasteiger partial charge in [0.25, 0.3) is 0 Å². The number of halogens is 2. The van der Waals surface area contributed by atoms with E-state index in [1.54, 1.807) is 39.0 Å². The van der Waals surface area contributed by atoms with Crippen molar-refractivity contribution in [3.05, 3.63) is 33.3 Å². The molecule has 1 aromatic carbocycles. The molecule has 0 aliphatic carbocycles. The maximum absolute atomic E-state index is 11.8. The van der Waals surface area contributed by atoms with Crippen LogP contribution in [0.25, 0.3) is 0 Å². The van der Waals surface area contributed by atoms with Crippen molar-refractivity contribution in [2.75, 3.05) is 0 Å². The third kappa shape index (κ3) is 6.35. The standard InChI is InChI=1S/C14H17BrClNO4/c1-14(2,3)21-13(20)17-11(7-12(18)19)9-6-8(15)4-5-10(9)16/h4-6,11H,7H2,1-3H3,(H,17,20)(H,18,19). The van der Waals surface area contributed by atoms with Crippen molar-refractivity contribution in [2.24, 2.45) is 0 Å². The van der Waals surface area contributed by atoms with Crippen molar-refractivity contribution < 1.29 is 19.4 Å². The molecule has 0 fully saturated rings. The highest BCUT2D eigenvalue weighted by atomic mass is 79.9. The fourth-order valence-corrected chi connectivity index (χ4v) is 2.27. The number of carboxylic acid groups (broad SMARTS) is 1. The third-order valence-electron chi connectivity index (χ3n) is 2.40. The number of rotatable bonds is 4. The number of hydrogen-bond acceptors (Lipinski definition) is 3. The monoisotopic (exact) mass is 377 g/mol. The third-order valence-corrected chi connectivity index (χ3v) is 3.24. The number of ether oxygens (including phenoxy) is 1. The first-order chi connectivity index (χ1) is 9.58. The van der Waals surface area contributed by atoms with Gasteiger partial charge < -0.3 is 15.2 Å². The maximum Gasteiger partial charge on any atom is 0.408 e. The number of hydrogen-bond donors (Lipinski definition) is 2. The summed E-state index contributed by atoms with van der Waals surface area (Å²) in [6, 6.07) is 4.26. The molecule has 0 heterocycles. The summed E-state index contributed by atoms with van der Waals surface area (Å²) in [4.78, 5) is 22.8. The summed E-state index contributed by atoms with van der Waals surface area (Å²) in [6.07, 6.45) is -0.986. The number of carbonyl (C=O) groups is 2. The Morgan fingerprint density at radius 3 is 2.57 bits per heavy atom. The van der Waals surface area contributed by atoms with E-state index in [4.69, 9.17) is 21.4 Å². The molecular weight excluding hydrogens is 362 g/mol. The first kappa shape index (κ1) is 17.8. The Labute approximate surface area is 136 Å². The largest absolute Gasteiger partial charge is 0.481 e. The zero-order valence-electron chi connectivity index (χ0n) is 11.9. The average Bonchev–Trinajstić information content (AvgIpc) is 2.28. The zero-order chi connectivity index (χ0) is 16.2. The SMILES string of the molecule is CC(C)(C)OC(=O)NC(CC(=O)O)c1cc(Br)ccc1Cl. The molecule has 21 heavy (non-hydrogen) atoms. The summed E-state index contributed by atoms with van der Waals surface area (Å²) in [5.41, 5.74) is -0.154. The minimum Gasteiger partial charge on any atom is -0.481 e. The van der Waals surface area contributed by atoms with Gasteiger partial charge in [-0.05, 0) is 44.5 Å². The van der Waals surface area contributed by atoms with E-state index in [2.05, 4.69) is 21.2 Å². The van der Waals surface area contributed by atoms with E-state index in [1.807, 2.05) is 0 Å². The molecule has 0 aliphatic rings. The van der Waals surface area contributed by atoms with E-state index in [0.29, 0.717) is 10.6 Å². The summed E-state index contributed by atoms with van der Waals surface area (Å²) >= 11 is 9.38. The van der Waals surface area contributed by atoms with E-state index in [1.165, 1.54) is 0 Å². The van der Waals surface area contributed by atoms with Gasteiger partial charge in [0.15, 0.2) is 0 Å². The van der Waals surface area contributed by atoms with Crippen LogP contribution >= 0.6 is 27.5 Å². The molecule has 0 aliphatic heterocycles. The van der Waals surface area contributed by atoms with Gasteiger partial charge in [-0.25, -0.2) is 4.79 Å². The Bertz CT molecular complexity index is 542. The summed E-state index contributed by atoms with van der Waals surface area (Å²) in [5, 5.41) is 11.9. The van der Waals surface area contributed by atoms with Crippen LogP contribution in [0.1, 0.15) is 38.8 Å². The van der Waals surface area contributed by atoms with Crippen molar-refractivity contribution in [3.63, 3.8) is 0 Å². The second kappa shape index (κ2) is 7.13. The Balaban J connectivity index is 2.98. The van der Waals surface area contributed by atoms with Crippen LogP contribution in [0, 0.1) is 0 Å². The van der Waals surface area contributed by atoms with Crippen LogP contribution in [0.15, 0.2) is 22.7 Å². The first-order valence-electron chi connectivity index (χ1n) is 6.25. The van der Waals surface area contributed by atoms with Gasteiger partial charge in [0, 0.05) is 9.50 Å². The molecule has 0 bridgehead atoms. The lowest BCUT2D eigenvalue weighted by Crippen LogP contribution is -2.35. The molecule has 0 saturated carbocycles. The molecule has 1 unspecified atom stereocenters. The van der Waals surface area contributed by atoms with Crippen LogP contribution in [-0.4, -0.2) is 22.8 Å². The van der Waals surface area contributed by atoms with Crippen molar-refractivity contribution >= 4 is 39.6 Å². The van der Waals surface area contributed by atoms with Crippen molar-refractivity contribution in [1.29, 1.82) is 0 Å². The number of amides is 1. The Hall–Kier alpha value is -1.27. The summed E-state index contributed by atoms with van der Waals surface area (Å²) in [5.74, 6) is -1.05. The summed E-state index contributed by atoms with van der Waals surface area (Å²) in [7, 11) is 0. The number of alkyl carbamates (subject to hydrolysis) is 1. The average molecular weight is 379 g/mol. The van der Waals surface area contributed by atoms with Gasteiger partial charge in [-0.2, -0.15) is 0 Å². The van der Waals surface area contributed by atoms with E-state index in [9.17, 15) is 9.59 Å². The molecular formula is C14H17BrClNO4. The molecule has 1 rings (SSSR count). The number of aliphatic carboxylic acids is 1. The first-order valence-corrected chi connectivity index (χ1v) is 7.42. The molecule has 1 atom stereocenters. The molecule has 5 nitrogen and oxygen atoms in total. The van der Waals surface area contributed by atoms with Crippen molar-refractivity contribution in [2.45, 2.75) is 38.8 Å². The molecule has 116 valence electrons. The Kier molecular flexibility index (Phi) is 6.04. The van der Waals surface area contributed by atoms with Crippen LogP contribution < -0.4 is 5.32 Å². The van der Waals surface area contributed by atoms with Crippen molar-refractivity contribution in [1.82, 2.24) is 5.32 Å². The minimum absolute atomic E-state index is 0.296. The number of carboxylic acids is 1. The lowest BCUT2D eigenvalue weighted by Gasteiger charge is -2.23. The molecule has 0 aromatic heterocycles. The molecule has 2 N–H and O–H groups in total. The summed E-state index contributed by atoms with van der Waals surface area (Å²) < 4.78 is 5.88. The smallest absolute Gasteiger partial charge is 0.408 e. The van der Waals surface area contributed by atoms with Gasteiger partial charge in [0.1, 0.15) is 5.60 Å². The fourth-order valence-electron chi connectivity index (χ4n) is 1.64. The highest BCUT2D eigenvalue weighted by molar-refractivity contribution is 9.10. The number of nitrogens with one attached hydrogen (secondary N) is 1. The number of benzene rings is 1. The van der Waals surface area contributed by atoms with E-state index in [-0.39, 0.29) is 6.42 Å². The highest BCUT2D eigenvalue weighted by Gasteiger charge is 2.24. The van der Waals surface area contributed by atoms with Crippen LogP contribution in [0.5, 0.6) is 0 Å². The molecule has 1 aromatic rings. The molecule has 1 amide bonds. The molecule has 7 heteroatoms. The van der Waals surface area contributed by atoms with Crippen LogP contribution in [0.2, 0.25) is 5.02 Å². The Morgan fingerprint density at radius 1 is 1.43 bits per heavy atom. The van der Waals surface area contributed by atoms with Gasteiger partial charge in [-0.15, -0.1) is 0 Å². The van der Waals surface area contributed by atoms with E-state index < -0.39 is 23.7 Å². The fraction of sp³-hybridized carbons (Fsp3) is 0.429. The second-order valence-corrected chi connectivity index (χ2v) is 6.79. The molecule has 0 radical (unpaired) electrons. The van der Waals surface area contributed by atoms with Gasteiger partial charge in [0.2, 0.25) is 0 Å². The highest BCUT2D eigenvalue weighted by Crippen LogP contribution is 2.28. The lowest BCUT2D eigenvalue weighted by atomic mass is 10.0. The van der Waals surface area contributed by atoms with Gasteiger partial charge >= 0.3 is 12.1 Å². The van der Waals surface area contributed by atoms with Gasteiger partial charge in [0.05, 0.1) is 12.5 Å². The van der Waals surface area contributed by atoms with E-state index in [0.717, 1.165) is 4.47 Å². The Morgan fingerprint density at radius 2 is 2.05 bits per heavy atom. The van der Waals surface area contributed by atoms with Crippen molar-refractivity contribution in [3.8, 4) is 0 Å². The van der Waals surface area contributed by atoms with Gasteiger partial charge in [-0.1, -0.05) is 27.5 Å². The predicted molar refractivity (Wildman–Crippen MR) is 83.5 cm³/mol. The van der Waals surface area contributed by atoms with Crippen LogP contribution in [-0.2, 0) is 9.53 Å². The van der Waals surface area contributed by atoms with Crippen LogP contribution in [0.3, 0.4) is 0 Å². The summed E-state index contributed by atoms with van der Waals surface area (Å²) in [6.45, 7) is 5.18. The predicted octanol–water partition coefficient (Wildman–Crippen LogP) is 4.14. The van der Waals surface area contributed by atoms with Crippen LogP contribution in [0.4, 0.5) is 4.79 Å². The van der Waals surface area contributed by atoms with Gasteiger partial charge in [-0.3, -0.25) is 4.79 Å². The second-order valence-electron chi connectivity index (χ2n) is 5.46. The maximum atomic E-state index is 11.8. The molecule has 0 saturated heterocycles. The zero-order valence-corrected chi connectivity index (χ0v) is 14.3. The normalized spacial score (nSPS) is 12.6. The van der Waals surface area contributed by atoms with E-state index >= 15 is 0 Å². The topological polar surface area (TPSA) is 75.6 Å². The quantitative estimate of drug-likeness (QED) is 0.825. The lowest BCUT2D eigenvalue weighted by molar-refractivity contribution is -0.137. The number of carbonyl (C=O) groups excluding carboxylic acids is 1. The molecule has 0 spiro atoms.